The first-order valence-electron chi connectivity index (χ1n) is 5.88. The summed E-state index contributed by atoms with van der Waals surface area (Å²) in [5, 5.41) is 7.14. The number of amides is 3. The summed E-state index contributed by atoms with van der Waals surface area (Å²) in [6, 6.07) is 3.25. The van der Waals surface area contributed by atoms with Gasteiger partial charge in [-0.1, -0.05) is 6.92 Å². The third-order valence-corrected chi connectivity index (χ3v) is 3.22. The summed E-state index contributed by atoms with van der Waals surface area (Å²) in [6.45, 7) is 2.14. The fourth-order valence-electron chi connectivity index (χ4n) is 2.01. The molecule has 6 heteroatoms. The van der Waals surface area contributed by atoms with Crippen molar-refractivity contribution in [2.75, 3.05) is 6.54 Å². The minimum atomic E-state index is -0.501. The Labute approximate surface area is 104 Å². The minimum Gasteiger partial charge on any atom is -0.460 e. The van der Waals surface area contributed by atoms with E-state index in [0.717, 1.165) is 17.2 Å². The molecule has 1 aliphatic carbocycles. The van der Waals surface area contributed by atoms with Crippen LogP contribution in [-0.4, -0.2) is 29.7 Å². The van der Waals surface area contributed by atoms with Gasteiger partial charge in [0.2, 0.25) is 5.91 Å². The van der Waals surface area contributed by atoms with E-state index in [1.54, 1.807) is 0 Å². The highest BCUT2D eigenvalue weighted by Gasteiger charge is 2.36. The van der Waals surface area contributed by atoms with E-state index in [-0.39, 0.29) is 12.5 Å². The molecule has 2 atom stereocenters. The Morgan fingerprint density at radius 2 is 2.28 bits per heavy atom. The molecule has 0 unspecified atom stereocenters. The van der Waals surface area contributed by atoms with Gasteiger partial charge < -0.3 is 4.42 Å². The molecular weight excluding hydrogens is 234 g/mol. The van der Waals surface area contributed by atoms with Crippen LogP contribution in [0.15, 0.2) is 21.7 Å². The number of nitrogens with one attached hydrogen (secondary N) is 1. The number of rotatable bonds is 3. The van der Waals surface area contributed by atoms with Crippen LogP contribution in [0.3, 0.4) is 0 Å². The van der Waals surface area contributed by atoms with Crippen LogP contribution in [-0.2, 0) is 4.79 Å². The second-order valence-electron chi connectivity index (χ2n) is 4.72. The zero-order chi connectivity index (χ0) is 12.7. The molecule has 2 heterocycles. The van der Waals surface area contributed by atoms with Crippen LogP contribution in [0, 0.1) is 5.92 Å². The Morgan fingerprint density at radius 1 is 1.50 bits per heavy atom. The number of furan rings is 1. The molecule has 0 bridgehead atoms. The molecule has 0 radical (unpaired) electrons. The third-order valence-electron chi connectivity index (χ3n) is 3.22. The molecule has 94 valence electrons. The van der Waals surface area contributed by atoms with Gasteiger partial charge in [-0.15, -0.1) is 0 Å². The molecule has 6 nitrogen and oxygen atoms in total. The van der Waals surface area contributed by atoms with Crippen molar-refractivity contribution in [3.05, 3.63) is 23.7 Å². The smallest absolute Gasteiger partial charge is 0.344 e. The summed E-state index contributed by atoms with van der Waals surface area (Å²) in [5.74, 6) is 2.41. The highest BCUT2D eigenvalue weighted by atomic mass is 16.3. The number of hydrogen-bond acceptors (Lipinski definition) is 4. The molecule has 0 spiro atoms. The van der Waals surface area contributed by atoms with Crippen LogP contribution in [0.25, 0.3) is 0 Å². The van der Waals surface area contributed by atoms with E-state index in [0.29, 0.717) is 17.6 Å². The minimum absolute atomic E-state index is 0.0391. The Bertz CT molecular complexity index is 534. The Hall–Kier alpha value is -2.11. The van der Waals surface area contributed by atoms with Crippen LogP contribution in [0.1, 0.15) is 30.8 Å². The maximum atomic E-state index is 11.2. The predicted octanol–water partition coefficient (Wildman–Crippen LogP) is 1.29. The zero-order valence-electron chi connectivity index (χ0n) is 9.92. The number of carbonyl (C=O) groups excluding carboxylic acids is 2. The highest BCUT2D eigenvalue weighted by molar-refractivity contribution is 6.02. The van der Waals surface area contributed by atoms with Crippen molar-refractivity contribution in [1.82, 2.24) is 10.3 Å². The first kappa shape index (κ1) is 11.0. The number of urea groups is 1. The third kappa shape index (κ3) is 2.01. The topological polar surface area (TPSA) is 74.9 Å². The van der Waals surface area contributed by atoms with E-state index < -0.39 is 6.03 Å². The normalized spacial score (nSPS) is 27.1. The van der Waals surface area contributed by atoms with Gasteiger partial charge in [-0.25, -0.2) is 9.80 Å². The van der Waals surface area contributed by atoms with Crippen LogP contribution in [0.4, 0.5) is 4.79 Å². The SMILES string of the molecule is C[C@@H]1C[C@@H]1c1ccc(/C=N\N2CC(=O)NC2=O)o1. The molecule has 1 N–H and O–H groups in total. The van der Waals surface area contributed by atoms with Crippen LogP contribution in [0.5, 0.6) is 0 Å². The van der Waals surface area contributed by atoms with Gasteiger partial charge in [0.15, 0.2) is 0 Å². The molecule has 3 amide bonds. The van der Waals surface area contributed by atoms with Gasteiger partial charge in [0.1, 0.15) is 18.1 Å². The Morgan fingerprint density at radius 3 is 2.89 bits per heavy atom. The Kier molecular flexibility index (Phi) is 2.43. The van der Waals surface area contributed by atoms with Gasteiger partial charge >= 0.3 is 6.03 Å². The molecule has 1 aliphatic heterocycles. The first-order chi connectivity index (χ1) is 8.63. The molecule has 3 rings (SSSR count). The van der Waals surface area contributed by atoms with Crippen LogP contribution < -0.4 is 5.32 Å². The number of hydrogen-bond donors (Lipinski definition) is 1. The van der Waals surface area contributed by atoms with E-state index in [1.165, 1.54) is 6.21 Å². The largest absolute Gasteiger partial charge is 0.460 e. The van der Waals surface area contributed by atoms with E-state index in [9.17, 15) is 9.59 Å². The molecule has 1 aromatic heterocycles. The summed E-state index contributed by atoms with van der Waals surface area (Å²) < 4.78 is 5.61. The number of imide groups is 1. The summed E-state index contributed by atoms with van der Waals surface area (Å²) in [6.07, 6.45) is 2.61. The van der Waals surface area contributed by atoms with Crippen molar-refractivity contribution in [3.63, 3.8) is 0 Å². The molecule has 1 saturated heterocycles. The van der Waals surface area contributed by atoms with E-state index >= 15 is 0 Å². The molecule has 1 saturated carbocycles. The quantitative estimate of drug-likeness (QED) is 0.646. The van der Waals surface area contributed by atoms with Gasteiger partial charge in [-0.3, -0.25) is 10.1 Å². The van der Waals surface area contributed by atoms with Crippen LogP contribution >= 0.6 is 0 Å². The van der Waals surface area contributed by atoms with Gasteiger partial charge in [0.05, 0.1) is 6.21 Å². The number of carbonyl (C=O) groups is 2. The van der Waals surface area contributed by atoms with Gasteiger partial charge in [0, 0.05) is 5.92 Å². The number of hydrazone groups is 1. The first-order valence-corrected chi connectivity index (χ1v) is 5.88. The molecule has 0 aromatic carbocycles. The van der Waals surface area contributed by atoms with E-state index in [2.05, 4.69) is 17.3 Å². The zero-order valence-corrected chi connectivity index (χ0v) is 9.92. The summed E-state index contributed by atoms with van der Waals surface area (Å²) in [7, 11) is 0. The van der Waals surface area contributed by atoms with Crippen molar-refractivity contribution < 1.29 is 14.0 Å². The molecular formula is C12H13N3O3. The van der Waals surface area contributed by atoms with Crippen molar-refractivity contribution in [1.29, 1.82) is 0 Å². The van der Waals surface area contributed by atoms with Crippen LogP contribution in [0.2, 0.25) is 0 Å². The summed E-state index contributed by atoms with van der Waals surface area (Å²) in [5.41, 5.74) is 0. The average molecular weight is 247 g/mol. The van der Waals surface area contributed by atoms with Crippen molar-refractivity contribution in [2.24, 2.45) is 11.0 Å². The van der Waals surface area contributed by atoms with Crippen molar-refractivity contribution >= 4 is 18.2 Å². The maximum absolute atomic E-state index is 11.2. The van der Waals surface area contributed by atoms with Crippen molar-refractivity contribution in [2.45, 2.75) is 19.3 Å². The maximum Gasteiger partial charge on any atom is 0.344 e. The standard InChI is InChI=1S/C12H13N3O3/c1-7-4-9(7)10-3-2-8(18-10)5-13-15-6-11(16)14-12(15)17/h2-3,5,7,9H,4,6H2,1H3,(H,14,16,17)/b13-5-/t7-,9+/m1/s1. The predicted molar refractivity (Wildman–Crippen MR) is 63.1 cm³/mol. The second-order valence-corrected chi connectivity index (χ2v) is 4.72. The highest BCUT2D eigenvalue weighted by Crippen LogP contribution is 2.47. The fraction of sp³-hybridized carbons (Fsp3) is 0.417. The van der Waals surface area contributed by atoms with Crippen molar-refractivity contribution in [3.8, 4) is 0 Å². The molecule has 2 fully saturated rings. The lowest BCUT2D eigenvalue weighted by atomic mass is 10.3. The monoisotopic (exact) mass is 247 g/mol. The lowest BCUT2D eigenvalue weighted by Gasteiger charge is -2.02. The Balaban J connectivity index is 1.67. The molecule has 18 heavy (non-hydrogen) atoms. The van der Waals surface area contributed by atoms with Gasteiger partial charge in [-0.05, 0) is 24.5 Å². The van der Waals surface area contributed by atoms with Gasteiger partial charge in [-0.2, -0.15) is 5.10 Å². The average Bonchev–Trinajstić information content (AvgIpc) is 2.74. The summed E-state index contributed by atoms with van der Waals surface area (Å²) in [4.78, 5) is 22.2. The lowest BCUT2D eigenvalue weighted by Crippen LogP contribution is -2.24. The second kappa shape index (κ2) is 3.97. The lowest BCUT2D eigenvalue weighted by molar-refractivity contribution is -0.118. The summed E-state index contributed by atoms with van der Waals surface area (Å²) >= 11 is 0. The molecule has 2 aliphatic rings. The fourth-order valence-corrected chi connectivity index (χ4v) is 2.01. The van der Waals surface area contributed by atoms with E-state index in [4.69, 9.17) is 4.42 Å². The van der Waals surface area contributed by atoms with E-state index in [1.807, 2.05) is 12.1 Å². The number of nitrogens with zero attached hydrogens (tertiary/aromatic N) is 2. The van der Waals surface area contributed by atoms with Gasteiger partial charge in [0.25, 0.3) is 0 Å². The molecule has 1 aromatic rings.